The van der Waals surface area contributed by atoms with Gasteiger partial charge in [-0.25, -0.2) is 4.98 Å². The van der Waals surface area contributed by atoms with E-state index in [9.17, 15) is 0 Å². The van der Waals surface area contributed by atoms with Crippen LogP contribution in [0.2, 0.25) is 0 Å². The molecule has 2 aromatic rings. The zero-order chi connectivity index (χ0) is 15.3. The van der Waals surface area contributed by atoms with E-state index >= 15 is 0 Å². The maximum Gasteiger partial charge on any atom is 0.122 e. The minimum atomic E-state index is 0.0856. The minimum Gasteiger partial charge on any atom is -0.493 e. The van der Waals surface area contributed by atoms with Crippen molar-refractivity contribution < 1.29 is 4.74 Å². The molecular weight excluding hydrogens is 282 g/mol. The zero-order valence-electron chi connectivity index (χ0n) is 13.1. The predicted molar refractivity (Wildman–Crippen MR) is 86.9 cm³/mol. The van der Waals surface area contributed by atoms with Gasteiger partial charge < -0.3 is 10.1 Å². The highest BCUT2D eigenvalue weighted by Crippen LogP contribution is 2.15. The normalized spacial score (nSPS) is 11.6. The molecule has 0 spiro atoms. The van der Waals surface area contributed by atoms with Gasteiger partial charge >= 0.3 is 0 Å². The van der Waals surface area contributed by atoms with Crippen LogP contribution >= 0.6 is 11.3 Å². The lowest BCUT2D eigenvalue weighted by Gasteiger charge is -2.20. The van der Waals surface area contributed by atoms with E-state index < -0.39 is 0 Å². The second-order valence-corrected chi connectivity index (χ2v) is 6.99. The molecule has 114 valence electrons. The van der Waals surface area contributed by atoms with Crippen molar-refractivity contribution in [1.29, 1.82) is 0 Å². The Balaban J connectivity index is 1.85. The van der Waals surface area contributed by atoms with Crippen molar-refractivity contribution in [2.75, 3.05) is 6.61 Å². The highest BCUT2D eigenvalue weighted by molar-refractivity contribution is 7.09. The highest BCUT2D eigenvalue weighted by atomic mass is 32.1. The third-order valence-corrected chi connectivity index (χ3v) is 4.03. The zero-order valence-corrected chi connectivity index (χ0v) is 14.0. The van der Waals surface area contributed by atoms with Crippen LogP contribution in [0.3, 0.4) is 0 Å². The monoisotopic (exact) mass is 305 g/mol. The minimum absolute atomic E-state index is 0.0856. The first-order valence-corrected chi connectivity index (χ1v) is 8.04. The van der Waals surface area contributed by atoms with Crippen molar-refractivity contribution in [1.82, 2.24) is 15.3 Å². The number of hydrogen-bond donors (Lipinski definition) is 1. The maximum atomic E-state index is 5.82. The predicted octanol–water partition coefficient (Wildman–Crippen LogP) is 3.36. The average molecular weight is 305 g/mol. The van der Waals surface area contributed by atoms with Crippen LogP contribution in [0.25, 0.3) is 0 Å². The smallest absolute Gasteiger partial charge is 0.122 e. The van der Waals surface area contributed by atoms with Crippen LogP contribution in [0, 0.1) is 6.92 Å². The number of nitrogens with zero attached hydrogens (tertiary/aromatic N) is 2. The molecule has 0 bridgehead atoms. The fraction of sp³-hybridized carbons (Fsp3) is 0.500. The van der Waals surface area contributed by atoms with Crippen molar-refractivity contribution in [3.63, 3.8) is 0 Å². The summed E-state index contributed by atoms with van der Waals surface area (Å²) in [6.45, 7) is 9.88. The molecule has 1 N–H and O–H groups in total. The first-order chi connectivity index (χ1) is 9.94. The summed E-state index contributed by atoms with van der Waals surface area (Å²) in [5, 5.41) is 3.43. The molecule has 2 heterocycles. The van der Waals surface area contributed by atoms with Crippen molar-refractivity contribution in [3.8, 4) is 5.75 Å². The third-order valence-electron chi connectivity index (χ3n) is 3.03. The van der Waals surface area contributed by atoms with Crippen LogP contribution in [0.5, 0.6) is 5.75 Å². The van der Waals surface area contributed by atoms with Gasteiger partial charge in [0.15, 0.2) is 0 Å². The van der Waals surface area contributed by atoms with E-state index in [1.807, 2.05) is 24.6 Å². The lowest BCUT2D eigenvalue weighted by molar-refractivity contribution is 0.321. The van der Waals surface area contributed by atoms with Crippen LogP contribution < -0.4 is 10.1 Å². The largest absolute Gasteiger partial charge is 0.493 e. The van der Waals surface area contributed by atoms with E-state index in [0.717, 1.165) is 30.1 Å². The van der Waals surface area contributed by atoms with Gasteiger partial charge in [-0.05, 0) is 33.8 Å². The quantitative estimate of drug-likeness (QED) is 0.889. The van der Waals surface area contributed by atoms with Gasteiger partial charge in [0, 0.05) is 35.6 Å². The van der Waals surface area contributed by atoms with Gasteiger partial charge in [-0.3, -0.25) is 4.98 Å². The number of thiazole rings is 1. The lowest BCUT2D eigenvalue weighted by Crippen LogP contribution is -2.35. The first kappa shape index (κ1) is 15.9. The Morgan fingerprint density at radius 2 is 2.10 bits per heavy atom. The van der Waals surface area contributed by atoms with E-state index in [1.165, 1.54) is 4.88 Å². The molecule has 2 rings (SSSR count). The topological polar surface area (TPSA) is 47.0 Å². The average Bonchev–Trinajstić information content (AvgIpc) is 2.82. The molecule has 0 aliphatic heterocycles. The van der Waals surface area contributed by atoms with Crippen molar-refractivity contribution in [3.05, 3.63) is 40.1 Å². The molecule has 0 radical (unpaired) electrons. The molecule has 5 heteroatoms. The van der Waals surface area contributed by atoms with Crippen LogP contribution in [0.4, 0.5) is 0 Å². The van der Waals surface area contributed by atoms with Gasteiger partial charge in [-0.2, -0.15) is 0 Å². The second kappa shape index (κ2) is 7.00. The standard InChI is InChI=1S/C16H23N3OS/c1-12-15(21-11-18-12)6-8-20-14-5-7-17-13(9-14)10-19-16(2,3)4/h5,7,9,11,19H,6,8,10H2,1-4H3. The molecule has 0 aliphatic rings. The Labute approximate surface area is 130 Å². The number of hydrogen-bond acceptors (Lipinski definition) is 5. The number of nitrogens with one attached hydrogen (secondary N) is 1. The van der Waals surface area contributed by atoms with Crippen molar-refractivity contribution in [2.24, 2.45) is 0 Å². The second-order valence-electron chi connectivity index (χ2n) is 6.05. The summed E-state index contributed by atoms with van der Waals surface area (Å²) in [5.74, 6) is 0.873. The van der Waals surface area contributed by atoms with Gasteiger partial charge in [-0.1, -0.05) is 0 Å². The lowest BCUT2D eigenvalue weighted by atomic mass is 10.1. The molecule has 0 unspecified atom stereocenters. The molecule has 0 fully saturated rings. The van der Waals surface area contributed by atoms with E-state index in [-0.39, 0.29) is 5.54 Å². The number of aryl methyl sites for hydroxylation is 1. The van der Waals surface area contributed by atoms with Crippen molar-refractivity contribution in [2.45, 2.75) is 46.2 Å². The summed E-state index contributed by atoms with van der Waals surface area (Å²) in [6, 6.07) is 3.90. The molecular formula is C16H23N3OS. The summed E-state index contributed by atoms with van der Waals surface area (Å²) < 4.78 is 5.82. The van der Waals surface area contributed by atoms with Gasteiger partial charge in [0.1, 0.15) is 5.75 Å². The van der Waals surface area contributed by atoms with Crippen molar-refractivity contribution >= 4 is 11.3 Å². The summed E-state index contributed by atoms with van der Waals surface area (Å²) in [5.41, 5.74) is 4.07. The SMILES string of the molecule is Cc1ncsc1CCOc1ccnc(CNC(C)(C)C)c1. The van der Waals surface area contributed by atoms with Gasteiger partial charge in [0.05, 0.1) is 23.5 Å². The molecule has 2 aromatic heterocycles. The number of pyridine rings is 1. The van der Waals surface area contributed by atoms with Gasteiger partial charge in [0.2, 0.25) is 0 Å². The maximum absolute atomic E-state index is 5.82. The fourth-order valence-corrected chi connectivity index (χ4v) is 2.59. The Bertz CT molecular complexity index is 575. The Morgan fingerprint density at radius 1 is 1.29 bits per heavy atom. The van der Waals surface area contributed by atoms with E-state index in [1.54, 1.807) is 17.5 Å². The Morgan fingerprint density at radius 3 is 2.76 bits per heavy atom. The van der Waals surface area contributed by atoms with Gasteiger partial charge in [0.25, 0.3) is 0 Å². The summed E-state index contributed by atoms with van der Waals surface area (Å²) in [4.78, 5) is 9.90. The molecule has 0 aliphatic carbocycles. The van der Waals surface area contributed by atoms with Crippen LogP contribution in [-0.2, 0) is 13.0 Å². The Kier molecular flexibility index (Phi) is 5.31. The number of aromatic nitrogens is 2. The summed E-state index contributed by atoms with van der Waals surface area (Å²) in [7, 11) is 0. The van der Waals surface area contributed by atoms with Crippen LogP contribution in [0.1, 0.15) is 37.0 Å². The fourth-order valence-electron chi connectivity index (χ4n) is 1.83. The molecule has 0 aromatic carbocycles. The third kappa shape index (κ3) is 5.44. The molecule has 0 atom stereocenters. The molecule has 0 saturated carbocycles. The Hall–Kier alpha value is -1.46. The highest BCUT2D eigenvalue weighted by Gasteiger charge is 2.09. The molecule has 21 heavy (non-hydrogen) atoms. The molecule has 4 nitrogen and oxygen atoms in total. The number of ether oxygens (including phenoxy) is 1. The van der Waals surface area contributed by atoms with Crippen LogP contribution in [0.15, 0.2) is 23.8 Å². The summed E-state index contributed by atoms with van der Waals surface area (Å²) in [6.07, 6.45) is 2.70. The van der Waals surface area contributed by atoms with Gasteiger partial charge in [-0.15, -0.1) is 11.3 Å². The van der Waals surface area contributed by atoms with E-state index in [2.05, 4.69) is 36.1 Å². The molecule has 0 saturated heterocycles. The van der Waals surface area contributed by atoms with E-state index in [4.69, 9.17) is 4.74 Å². The number of rotatable bonds is 6. The van der Waals surface area contributed by atoms with E-state index in [0.29, 0.717) is 6.61 Å². The molecule has 0 amide bonds. The summed E-state index contributed by atoms with van der Waals surface area (Å²) >= 11 is 1.69. The first-order valence-electron chi connectivity index (χ1n) is 7.16. The van der Waals surface area contributed by atoms with Crippen LogP contribution in [-0.4, -0.2) is 22.1 Å².